The molecule has 3 aromatic rings. The van der Waals surface area contributed by atoms with Gasteiger partial charge < -0.3 is 5.73 Å². The number of benzene rings is 1. The zero-order valence-corrected chi connectivity index (χ0v) is 13.2. The van der Waals surface area contributed by atoms with E-state index in [0.29, 0.717) is 28.9 Å². The summed E-state index contributed by atoms with van der Waals surface area (Å²) in [6.45, 7) is 4.12. The van der Waals surface area contributed by atoms with Gasteiger partial charge in [-0.05, 0) is 43.0 Å². The van der Waals surface area contributed by atoms with Gasteiger partial charge in [0, 0.05) is 17.2 Å². The maximum atomic E-state index is 12.9. The molecule has 4 rings (SSSR count). The van der Waals surface area contributed by atoms with Gasteiger partial charge in [-0.25, -0.2) is 4.98 Å². The number of carbonyl (C=O) groups excluding carboxylic acids is 1. The SMILES string of the molecule is Cc1ccccc1C(=O)n1nc(N)c2ccc([C@@H]3C[C@H]3C)nc21. The molecule has 2 N–H and O–H groups in total. The molecule has 1 saturated carbocycles. The largest absolute Gasteiger partial charge is 0.382 e. The predicted molar refractivity (Wildman–Crippen MR) is 89.4 cm³/mol. The molecule has 5 nitrogen and oxygen atoms in total. The first-order valence-electron chi connectivity index (χ1n) is 7.81. The Morgan fingerprint density at radius 2 is 2.00 bits per heavy atom. The van der Waals surface area contributed by atoms with Crippen LogP contribution in [-0.4, -0.2) is 20.7 Å². The third-order valence-corrected chi connectivity index (χ3v) is 4.64. The minimum atomic E-state index is -0.196. The van der Waals surface area contributed by atoms with Crippen molar-refractivity contribution in [3.05, 3.63) is 53.2 Å². The molecule has 1 aliphatic rings. The lowest BCUT2D eigenvalue weighted by atomic mass is 10.1. The van der Waals surface area contributed by atoms with Crippen molar-refractivity contribution >= 4 is 22.8 Å². The first-order valence-corrected chi connectivity index (χ1v) is 7.81. The number of fused-ring (bicyclic) bond motifs is 1. The van der Waals surface area contributed by atoms with Crippen LogP contribution in [-0.2, 0) is 0 Å². The molecule has 2 heterocycles. The third-order valence-electron chi connectivity index (χ3n) is 4.64. The van der Waals surface area contributed by atoms with Gasteiger partial charge in [-0.15, -0.1) is 5.10 Å². The number of hydrogen-bond acceptors (Lipinski definition) is 4. The van der Waals surface area contributed by atoms with Crippen LogP contribution in [0.3, 0.4) is 0 Å². The van der Waals surface area contributed by atoms with E-state index in [1.807, 2.05) is 37.3 Å². The van der Waals surface area contributed by atoms with Gasteiger partial charge in [-0.2, -0.15) is 4.68 Å². The molecule has 1 aromatic carbocycles. The summed E-state index contributed by atoms with van der Waals surface area (Å²) >= 11 is 0. The fourth-order valence-corrected chi connectivity index (χ4v) is 3.04. The monoisotopic (exact) mass is 306 g/mol. The number of anilines is 1. The molecule has 0 amide bonds. The van der Waals surface area contributed by atoms with Crippen LogP contribution in [0.4, 0.5) is 5.82 Å². The molecule has 23 heavy (non-hydrogen) atoms. The third kappa shape index (κ3) is 2.20. The van der Waals surface area contributed by atoms with Crippen molar-refractivity contribution in [2.24, 2.45) is 5.92 Å². The highest BCUT2D eigenvalue weighted by atomic mass is 16.2. The number of aryl methyl sites for hydroxylation is 1. The highest BCUT2D eigenvalue weighted by Crippen LogP contribution is 2.46. The number of aromatic nitrogens is 3. The highest BCUT2D eigenvalue weighted by Gasteiger charge is 2.35. The summed E-state index contributed by atoms with van der Waals surface area (Å²) in [4.78, 5) is 17.5. The van der Waals surface area contributed by atoms with Gasteiger partial charge in [0.2, 0.25) is 0 Å². The van der Waals surface area contributed by atoms with Gasteiger partial charge in [-0.1, -0.05) is 25.1 Å². The van der Waals surface area contributed by atoms with E-state index in [1.54, 1.807) is 6.07 Å². The Kier molecular flexibility index (Phi) is 2.98. The standard InChI is InChI=1S/C18H18N4O/c1-10-5-3-4-6-12(10)18(23)22-17-13(16(19)21-22)7-8-15(20-17)14-9-11(14)2/h3-8,11,14H,9H2,1-2H3,(H2,19,21)/t11-,14-/m1/s1. The molecule has 116 valence electrons. The van der Waals surface area contributed by atoms with Crippen molar-refractivity contribution in [3.63, 3.8) is 0 Å². The summed E-state index contributed by atoms with van der Waals surface area (Å²) in [5.74, 6) is 1.28. The van der Waals surface area contributed by atoms with Gasteiger partial charge in [0.25, 0.3) is 5.91 Å². The van der Waals surface area contributed by atoms with E-state index in [0.717, 1.165) is 23.1 Å². The molecule has 0 aliphatic heterocycles. The average molecular weight is 306 g/mol. The predicted octanol–water partition coefficient (Wildman–Crippen LogP) is 3.13. The summed E-state index contributed by atoms with van der Waals surface area (Å²) < 4.78 is 1.34. The lowest BCUT2D eigenvalue weighted by Crippen LogP contribution is -2.15. The van der Waals surface area contributed by atoms with Crippen LogP contribution >= 0.6 is 0 Å². The minimum Gasteiger partial charge on any atom is -0.382 e. The Morgan fingerprint density at radius 1 is 1.26 bits per heavy atom. The molecule has 0 bridgehead atoms. The Balaban J connectivity index is 1.86. The van der Waals surface area contributed by atoms with Gasteiger partial charge in [0.1, 0.15) is 0 Å². The number of nitrogens with zero attached hydrogens (tertiary/aromatic N) is 3. The number of nitrogens with two attached hydrogens (primary N) is 1. The second kappa shape index (κ2) is 4.91. The molecule has 5 heteroatoms. The molecule has 2 atom stereocenters. The number of pyridine rings is 1. The Morgan fingerprint density at radius 3 is 2.70 bits per heavy atom. The Hall–Kier alpha value is -2.69. The van der Waals surface area contributed by atoms with Crippen LogP contribution in [0.2, 0.25) is 0 Å². The van der Waals surface area contributed by atoms with Crippen molar-refractivity contribution in [3.8, 4) is 0 Å². The van der Waals surface area contributed by atoms with Crippen molar-refractivity contribution in [1.29, 1.82) is 0 Å². The molecule has 0 unspecified atom stereocenters. The summed E-state index contributed by atoms with van der Waals surface area (Å²) in [5.41, 5.74) is 9.07. The molecule has 0 spiro atoms. The van der Waals surface area contributed by atoms with Gasteiger partial charge in [-0.3, -0.25) is 4.79 Å². The van der Waals surface area contributed by atoms with Crippen molar-refractivity contribution in [2.45, 2.75) is 26.2 Å². The van der Waals surface area contributed by atoms with Crippen LogP contribution < -0.4 is 5.73 Å². The zero-order chi connectivity index (χ0) is 16.1. The second-order valence-electron chi connectivity index (χ2n) is 6.34. The summed E-state index contributed by atoms with van der Waals surface area (Å²) in [6.07, 6.45) is 1.15. The molecular formula is C18H18N4O. The van der Waals surface area contributed by atoms with Crippen molar-refractivity contribution in [1.82, 2.24) is 14.8 Å². The second-order valence-corrected chi connectivity index (χ2v) is 6.34. The average Bonchev–Trinajstić information content (AvgIpc) is 3.19. The van der Waals surface area contributed by atoms with Crippen LogP contribution in [0.5, 0.6) is 0 Å². The molecule has 0 radical (unpaired) electrons. The lowest BCUT2D eigenvalue weighted by molar-refractivity contribution is 0.0949. The Bertz CT molecular complexity index is 928. The lowest BCUT2D eigenvalue weighted by Gasteiger charge is -2.05. The zero-order valence-electron chi connectivity index (χ0n) is 13.2. The van der Waals surface area contributed by atoms with Gasteiger partial charge >= 0.3 is 0 Å². The topological polar surface area (TPSA) is 73.8 Å². The van der Waals surface area contributed by atoms with E-state index >= 15 is 0 Å². The smallest absolute Gasteiger partial charge is 0.280 e. The molecule has 0 saturated heterocycles. The summed E-state index contributed by atoms with van der Waals surface area (Å²) in [7, 11) is 0. The van der Waals surface area contributed by atoms with Crippen molar-refractivity contribution in [2.75, 3.05) is 5.73 Å². The highest BCUT2D eigenvalue weighted by molar-refractivity contribution is 6.03. The number of rotatable bonds is 2. The molecule has 1 fully saturated rings. The fourth-order valence-electron chi connectivity index (χ4n) is 3.04. The number of hydrogen-bond donors (Lipinski definition) is 1. The molecule has 1 aliphatic carbocycles. The maximum absolute atomic E-state index is 12.9. The van der Waals surface area contributed by atoms with E-state index < -0.39 is 0 Å². The minimum absolute atomic E-state index is 0.196. The van der Waals surface area contributed by atoms with Gasteiger partial charge in [0.05, 0.1) is 5.39 Å². The van der Waals surface area contributed by atoms with E-state index in [9.17, 15) is 4.79 Å². The fraction of sp³-hybridized carbons (Fsp3) is 0.278. The van der Waals surface area contributed by atoms with E-state index in [1.165, 1.54) is 4.68 Å². The van der Waals surface area contributed by atoms with E-state index in [2.05, 4.69) is 17.0 Å². The van der Waals surface area contributed by atoms with E-state index in [-0.39, 0.29) is 5.91 Å². The molecular weight excluding hydrogens is 288 g/mol. The summed E-state index contributed by atoms with van der Waals surface area (Å²) in [6, 6.07) is 11.4. The maximum Gasteiger partial charge on any atom is 0.280 e. The van der Waals surface area contributed by atoms with Crippen molar-refractivity contribution < 1.29 is 4.79 Å². The van der Waals surface area contributed by atoms with Crippen LogP contribution in [0.15, 0.2) is 36.4 Å². The van der Waals surface area contributed by atoms with Crippen LogP contribution in [0.1, 0.15) is 40.9 Å². The number of carbonyl (C=O) groups is 1. The quantitative estimate of drug-likeness (QED) is 0.789. The Labute approximate surface area is 134 Å². The van der Waals surface area contributed by atoms with Crippen LogP contribution in [0.25, 0.3) is 11.0 Å². The van der Waals surface area contributed by atoms with E-state index in [4.69, 9.17) is 5.73 Å². The first kappa shape index (κ1) is 13.9. The first-order chi connectivity index (χ1) is 11.1. The number of nitrogen functional groups attached to an aromatic ring is 1. The van der Waals surface area contributed by atoms with Crippen LogP contribution in [0, 0.1) is 12.8 Å². The normalized spacial score (nSPS) is 19.9. The molecule has 2 aromatic heterocycles. The summed E-state index contributed by atoms with van der Waals surface area (Å²) in [5, 5.41) is 4.96. The van der Waals surface area contributed by atoms with Gasteiger partial charge in [0.15, 0.2) is 11.5 Å².